The van der Waals surface area contributed by atoms with E-state index in [0.717, 1.165) is 50.5 Å². The number of Topliss-reactive ketones (excluding diaryl/α,β-unsaturated/α-hetero) is 2. The fourth-order valence-electron chi connectivity index (χ4n) is 8.47. The Kier molecular flexibility index (Phi) is 10.9. The van der Waals surface area contributed by atoms with Gasteiger partial charge >= 0.3 is 12.0 Å². The first-order valence-electron chi connectivity index (χ1n) is 18.0. The van der Waals surface area contributed by atoms with Crippen molar-refractivity contribution in [2.24, 2.45) is 46.2 Å². The number of hydrogen-bond donors (Lipinski definition) is 3. The monoisotopic (exact) mass is 678 g/mol. The zero-order chi connectivity index (χ0) is 35.7. The smallest absolute Gasteiger partial charge is 0.329 e. The number of rotatable bonds is 14. The molecule has 0 bridgehead atoms. The molecule has 11 nitrogen and oxygen atoms in total. The molecule has 0 radical (unpaired) electrons. The second kappa shape index (κ2) is 14.6. The summed E-state index contributed by atoms with van der Waals surface area (Å²) in [6.07, 6.45) is 6.73. The van der Waals surface area contributed by atoms with E-state index in [9.17, 15) is 28.8 Å². The minimum atomic E-state index is -1.04. The maximum Gasteiger partial charge on any atom is 0.329 e. The Morgan fingerprint density at radius 2 is 1.61 bits per heavy atom. The van der Waals surface area contributed by atoms with E-state index in [-0.39, 0.29) is 53.8 Å². The fraction of sp³-hybridized carbons (Fsp3) is 0.684. The molecule has 5 rings (SSSR count). The number of primary amides is 1. The van der Waals surface area contributed by atoms with Crippen LogP contribution in [0.25, 0.3) is 0 Å². The molecule has 0 aromatic heterocycles. The zero-order valence-corrected chi connectivity index (χ0v) is 29.7. The Hall–Kier alpha value is -3.76. The number of likely N-dealkylation sites (tertiary alicyclic amines) is 1. The number of benzene rings is 1. The van der Waals surface area contributed by atoms with Crippen molar-refractivity contribution in [1.82, 2.24) is 15.5 Å². The van der Waals surface area contributed by atoms with Crippen LogP contribution >= 0.6 is 0 Å². The van der Waals surface area contributed by atoms with Crippen molar-refractivity contribution >= 4 is 35.4 Å². The van der Waals surface area contributed by atoms with Crippen molar-refractivity contribution < 1.29 is 33.5 Å². The van der Waals surface area contributed by atoms with Gasteiger partial charge in [-0.1, -0.05) is 97.1 Å². The molecule has 1 heterocycles. The van der Waals surface area contributed by atoms with E-state index in [1.165, 1.54) is 0 Å². The fourth-order valence-corrected chi connectivity index (χ4v) is 8.47. The van der Waals surface area contributed by atoms with Crippen LogP contribution in [0, 0.1) is 40.4 Å². The van der Waals surface area contributed by atoms with Crippen LogP contribution in [0.3, 0.4) is 0 Å². The number of nitrogens with one attached hydrogen (secondary N) is 2. The first kappa shape index (κ1) is 36.5. The van der Waals surface area contributed by atoms with Crippen LogP contribution in [0.2, 0.25) is 0 Å². The summed E-state index contributed by atoms with van der Waals surface area (Å²) in [4.78, 5) is 81.8. The number of ether oxygens (including phenoxy) is 1. The molecule has 49 heavy (non-hydrogen) atoms. The lowest BCUT2D eigenvalue weighted by Crippen LogP contribution is -2.61. The van der Waals surface area contributed by atoms with Gasteiger partial charge < -0.3 is 26.0 Å². The number of urea groups is 1. The molecule has 3 aliphatic carbocycles. The third-order valence-corrected chi connectivity index (χ3v) is 11.7. The quantitative estimate of drug-likeness (QED) is 0.195. The zero-order valence-electron chi connectivity index (χ0n) is 29.7. The number of nitrogens with two attached hydrogens (primary N) is 1. The summed E-state index contributed by atoms with van der Waals surface area (Å²) in [5, 5.41) is 5.71. The minimum Gasteiger partial charge on any atom is -0.459 e. The molecule has 4 fully saturated rings. The number of amides is 4. The average molecular weight is 679 g/mol. The first-order chi connectivity index (χ1) is 23.1. The number of nitrogens with zero attached hydrogens (tertiary/aromatic N) is 1. The molecular formula is C38H54N4O7. The maximum atomic E-state index is 14.4. The van der Waals surface area contributed by atoms with Crippen molar-refractivity contribution in [1.29, 1.82) is 0 Å². The highest BCUT2D eigenvalue weighted by atomic mass is 16.5. The van der Waals surface area contributed by atoms with Gasteiger partial charge in [-0.05, 0) is 59.3 Å². The maximum absolute atomic E-state index is 14.4. The van der Waals surface area contributed by atoms with Gasteiger partial charge in [0.2, 0.25) is 11.7 Å². The van der Waals surface area contributed by atoms with E-state index >= 15 is 0 Å². The summed E-state index contributed by atoms with van der Waals surface area (Å²) in [5.41, 5.74) is 5.32. The molecule has 3 saturated carbocycles. The Morgan fingerprint density at radius 1 is 0.959 bits per heavy atom. The van der Waals surface area contributed by atoms with Gasteiger partial charge in [0.05, 0.1) is 6.04 Å². The second-order valence-electron chi connectivity index (χ2n) is 16.5. The third kappa shape index (κ3) is 8.18. The summed E-state index contributed by atoms with van der Waals surface area (Å²) in [7, 11) is 0. The molecule has 1 aliphatic heterocycles. The highest BCUT2D eigenvalue weighted by Gasteiger charge is 2.69. The van der Waals surface area contributed by atoms with E-state index < -0.39 is 53.1 Å². The molecule has 4 N–H and O–H groups in total. The standard InChI is InChI=1S/C38H54N4O7/c1-37(2,3)32(41-36(48)40-29(24-16-9-10-17-24)35(47)49-21-23-12-7-6-8-13-23)34(46)42-20-26-28(38(26,4)5)30(42)27(43)19-25(31(44)33(39)45)18-22-14-11-15-22/h6-8,12-13,22,24-26,28-30,32H,9-11,14-21H2,1-5H3,(H2,39,45)(H2,40,41,48)/t25?,26-,28-,29-,30+,32+/m0/s1. The molecule has 0 spiro atoms. The van der Waals surface area contributed by atoms with Crippen LogP contribution in [0.5, 0.6) is 0 Å². The lowest BCUT2D eigenvalue weighted by atomic mass is 9.76. The minimum absolute atomic E-state index is 0.0799. The van der Waals surface area contributed by atoms with Crippen LogP contribution in [0.1, 0.15) is 98.0 Å². The number of carbonyl (C=O) groups excluding carboxylic acids is 6. The van der Waals surface area contributed by atoms with Gasteiger partial charge in [0.1, 0.15) is 18.7 Å². The molecule has 1 aromatic carbocycles. The predicted molar refractivity (Wildman–Crippen MR) is 182 cm³/mol. The Bertz CT molecular complexity index is 1430. The van der Waals surface area contributed by atoms with E-state index in [2.05, 4.69) is 24.5 Å². The van der Waals surface area contributed by atoms with Crippen molar-refractivity contribution in [2.75, 3.05) is 6.54 Å². The van der Waals surface area contributed by atoms with Crippen molar-refractivity contribution in [3.8, 4) is 0 Å². The van der Waals surface area contributed by atoms with Gasteiger partial charge in [0, 0.05) is 18.9 Å². The van der Waals surface area contributed by atoms with Crippen LogP contribution < -0.4 is 16.4 Å². The first-order valence-corrected chi connectivity index (χ1v) is 18.0. The molecule has 1 aromatic rings. The summed E-state index contributed by atoms with van der Waals surface area (Å²) in [6, 6.07) is 6.04. The number of hydrogen-bond acceptors (Lipinski definition) is 7. The molecule has 11 heteroatoms. The molecule has 1 unspecified atom stereocenters. The third-order valence-electron chi connectivity index (χ3n) is 11.7. The molecule has 4 aliphatic rings. The number of fused-ring (bicyclic) bond motifs is 1. The van der Waals surface area contributed by atoms with Crippen LogP contribution in [0.4, 0.5) is 4.79 Å². The van der Waals surface area contributed by atoms with Crippen LogP contribution in [-0.2, 0) is 35.3 Å². The normalized spacial score (nSPS) is 24.9. The Labute approximate surface area is 289 Å². The van der Waals surface area contributed by atoms with Gasteiger partial charge in [0.25, 0.3) is 5.91 Å². The van der Waals surface area contributed by atoms with Crippen molar-refractivity contribution in [2.45, 2.75) is 117 Å². The number of piperidine rings is 1. The summed E-state index contributed by atoms with van der Waals surface area (Å²) in [5.74, 6) is -3.50. The second-order valence-corrected chi connectivity index (χ2v) is 16.5. The van der Waals surface area contributed by atoms with Gasteiger partial charge in [-0.25, -0.2) is 9.59 Å². The topological polar surface area (TPSA) is 165 Å². The average Bonchev–Trinajstić information content (AvgIpc) is 3.47. The summed E-state index contributed by atoms with van der Waals surface area (Å²) < 4.78 is 5.63. The highest BCUT2D eigenvalue weighted by Crippen LogP contribution is 2.65. The SMILES string of the molecule is CC(C)(C)[C@H](NC(=O)N[C@H](C(=O)OCc1ccccc1)C1CCCC1)C(=O)N1C[C@H]2[C@@H]([C@H]1C(=O)CC(CC1CCC1)C(=O)C(N)=O)C2(C)C. The molecule has 268 valence electrons. The highest BCUT2D eigenvalue weighted by molar-refractivity contribution is 6.36. The largest absolute Gasteiger partial charge is 0.459 e. The van der Waals surface area contributed by atoms with E-state index in [1.807, 2.05) is 51.1 Å². The van der Waals surface area contributed by atoms with E-state index in [1.54, 1.807) is 4.90 Å². The van der Waals surface area contributed by atoms with Crippen LogP contribution in [0.15, 0.2) is 30.3 Å². The summed E-state index contributed by atoms with van der Waals surface area (Å²) >= 11 is 0. The number of ketones is 2. The molecule has 1 saturated heterocycles. The Balaban J connectivity index is 1.30. The molecular weight excluding hydrogens is 624 g/mol. The van der Waals surface area contributed by atoms with Gasteiger partial charge in [-0.3, -0.25) is 19.2 Å². The Morgan fingerprint density at radius 3 is 2.18 bits per heavy atom. The van der Waals surface area contributed by atoms with Gasteiger partial charge in [-0.2, -0.15) is 0 Å². The van der Waals surface area contributed by atoms with Crippen molar-refractivity contribution in [3.05, 3.63) is 35.9 Å². The van der Waals surface area contributed by atoms with Gasteiger partial charge in [-0.15, -0.1) is 0 Å². The van der Waals surface area contributed by atoms with Gasteiger partial charge in [0.15, 0.2) is 5.78 Å². The molecule has 6 atom stereocenters. The predicted octanol–water partition coefficient (Wildman–Crippen LogP) is 4.31. The summed E-state index contributed by atoms with van der Waals surface area (Å²) in [6.45, 7) is 10.1. The van der Waals surface area contributed by atoms with E-state index in [0.29, 0.717) is 13.0 Å². The molecule has 4 amide bonds. The van der Waals surface area contributed by atoms with Crippen LogP contribution in [-0.4, -0.2) is 65.0 Å². The number of esters is 1. The lowest BCUT2D eigenvalue weighted by Gasteiger charge is -2.38. The van der Waals surface area contributed by atoms with Crippen molar-refractivity contribution in [3.63, 3.8) is 0 Å². The lowest BCUT2D eigenvalue weighted by molar-refractivity contribution is -0.148. The van der Waals surface area contributed by atoms with E-state index in [4.69, 9.17) is 10.5 Å². The number of carbonyl (C=O) groups is 6.